The maximum absolute atomic E-state index is 13.8. The number of rotatable bonds is 3. The van der Waals surface area contributed by atoms with E-state index in [1.165, 1.54) is 0 Å². The second-order valence-electron chi connectivity index (χ2n) is 5.21. The summed E-state index contributed by atoms with van der Waals surface area (Å²) in [6.07, 6.45) is 0.252. The highest BCUT2D eigenvalue weighted by atomic mass is 79.9. The monoisotopic (exact) mass is 382 g/mol. The molecule has 116 valence electrons. The molecule has 1 atom stereocenters. The number of halogens is 3. The van der Waals surface area contributed by atoms with Crippen LogP contribution < -0.4 is 5.73 Å². The minimum atomic E-state index is -4.18. The second kappa shape index (κ2) is 5.29. The van der Waals surface area contributed by atoms with Gasteiger partial charge >= 0.3 is 0 Å². The quantitative estimate of drug-likeness (QED) is 0.862. The number of nitrogens with two attached hydrogens (primary N) is 1. The number of benzene rings is 1. The fraction of sp³-hybridized carbons (Fsp3) is 0.417. The van der Waals surface area contributed by atoms with E-state index in [2.05, 4.69) is 15.9 Å². The van der Waals surface area contributed by atoms with Crippen molar-refractivity contribution in [1.82, 2.24) is 4.31 Å². The largest absolute Gasteiger partial charge is 0.369 e. The fourth-order valence-electron chi connectivity index (χ4n) is 2.23. The molecular formula is C12H13BrF2N2O3S. The van der Waals surface area contributed by atoms with Crippen molar-refractivity contribution in [3.8, 4) is 0 Å². The molecule has 2 rings (SSSR count). The van der Waals surface area contributed by atoms with Gasteiger partial charge in [0.05, 0.1) is 5.41 Å². The van der Waals surface area contributed by atoms with Crippen LogP contribution in [0.25, 0.3) is 0 Å². The van der Waals surface area contributed by atoms with Crippen LogP contribution >= 0.6 is 15.9 Å². The van der Waals surface area contributed by atoms with Crippen LogP contribution in [0.1, 0.15) is 13.3 Å². The van der Waals surface area contributed by atoms with E-state index in [1.807, 2.05) is 0 Å². The maximum Gasteiger partial charge on any atom is 0.247 e. The van der Waals surface area contributed by atoms with Crippen LogP contribution in [-0.4, -0.2) is 31.7 Å². The summed E-state index contributed by atoms with van der Waals surface area (Å²) >= 11 is 2.86. The predicted octanol–water partition coefficient (Wildman–Crippen LogP) is 1.61. The third-order valence-corrected chi connectivity index (χ3v) is 6.40. The number of carbonyl (C=O) groups excluding carboxylic acids is 1. The minimum Gasteiger partial charge on any atom is -0.369 e. The van der Waals surface area contributed by atoms with E-state index in [0.717, 1.165) is 10.4 Å². The molecule has 5 nitrogen and oxygen atoms in total. The van der Waals surface area contributed by atoms with E-state index < -0.39 is 37.9 Å². The minimum absolute atomic E-state index is 0.0467. The van der Waals surface area contributed by atoms with Crippen LogP contribution in [0.4, 0.5) is 8.78 Å². The van der Waals surface area contributed by atoms with Crippen LogP contribution in [-0.2, 0) is 14.8 Å². The number of amides is 1. The molecule has 0 radical (unpaired) electrons. The Hall–Kier alpha value is -1.06. The SMILES string of the molecule is CC1(C(N)=O)CCN(S(=O)(=O)c2c(F)cc(F)cc2Br)C1. The van der Waals surface area contributed by atoms with Crippen molar-refractivity contribution in [2.45, 2.75) is 18.2 Å². The first-order chi connectivity index (χ1) is 9.58. The highest BCUT2D eigenvalue weighted by molar-refractivity contribution is 9.10. The summed E-state index contributed by atoms with van der Waals surface area (Å²) in [5.74, 6) is -2.69. The number of hydrogen-bond donors (Lipinski definition) is 1. The molecule has 1 unspecified atom stereocenters. The Bertz CT molecular complexity index is 687. The number of sulfonamides is 1. The van der Waals surface area contributed by atoms with E-state index >= 15 is 0 Å². The summed E-state index contributed by atoms with van der Waals surface area (Å²) < 4.78 is 52.6. The van der Waals surface area contributed by atoms with Crippen LogP contribution in [0, 0.1) is 17.0 Å². The molecule has 1 amide bonds. The van der Waals surface area contributed by atoms with Gasteiger partial charge in [-0.25, -0.2) is 17.2 Å². The molecule has 1 aromatic carbocycles. The van der Waals surface area contributed by atoms with E-state index in [0.29, 0.717) is 6.07 Å². The first-order valence-corrected chi connectivity index (χ1v) is 8.26. The normalized spacial score (nSPS) is 23.4. The highest BCUT2D eigenvalue weighted by Gasteiger charge is 2.44. The maximum atomic E-state index is 13.8. The average Bonchev–Trinajstić information content (AvgIpc) is 2.72. The molecule has 0 spiro atoms. The Morgan fingerprint density at radius 1 is 1.43 bits per heavy atom. The molecule has 2 N–H and O–H groups in total. The molecule has 0 bridgehead atoms. The zero-order valence-electron chi connectivity index (χ0n) is 11.1. The van der Waals surface area contributed by atoms with Crippen LogP contribution in [0.15, 0.2) is 21.5 Å². The lowest BCUT2D eigenvalue weighted by atomic mass is 9.89. The topological polar surface area (TPSA) is 80.5 Å². The van der Waals surface area contributed by atoms with E-state index in [9.17, 15) is 22.0 Å². The first-order valence-electron chi connectivity index (χ1n) is 6.02. The first kappa shape index (κ1) is 16.3. The predicted molar refractivity (Wildman–Crippen MR) is 74.7 cm³/mol. The average molecular weight is 383 g/mol. The number of carbonyl (C=O) groups is 1. The molecule has 1 aliphatic heterocycles. The third-order valence-electron chi connectivity index (χ3n) is 3.59. The van der Waals surface area contributed by atoms with Crippen molar-refractivity contribution >= 4 is 31.9 Å². The van der Waals surface area contributed by atoms with Gasteiger partial charge in [-0.2, -0.15) is 4.31 Å². The number of hydrogen-bond acceptors (Lipinski definition) is 3. The Morgan fingerprint density at radius 2 is 2.05 bits per heavy atom. The lowest BCUT2D eigenvalue weighted by Gasteiger charge is -2.21. The van der Waals surface area contributed by atoms with Crippen molar-refractivity contribution in [1.29, 1.82) is 0 Å². The van der Waals surface area contributed by atoms with Gasteiger partial charge in [0.2, 0.25) is 15.9 Å². The van der Waals surface area contributed by atoms with Gasteiger partial charge in [0.15, 0.2) is 0 Å². The third kappa shape index (κ3) is 2.82. The van der Waals surface area contributed by atoms with Crippen molar-refractivity contribution < 1.29 is 22.0 Å². The van der Waals surface area contributed by atoms with Gasteiger partial charge in [-0.3, -0.25) is 4.79 Å². The van der Waals surface area contributed by atoms with Crippen molar-refractivity contribution in [3.05, 3.63) is 28.2 Å². The molecule has 1 heterocycles. The van der Waals surface area contributed by atoms with Crippen LogP contribution in [0.5, 0.6) is 0 Å². The molecule has 0 aliphatic carbocycles. The zero-order chi connectivity index (χ0) is 16.0. The lowest BCUT2D eigenvalue weighted by molar-refractivity contribution is -0.126. The number of nitrogens with zero attached hydrogens (tertiary/aromatic N) is 1. The van der Waals surface area contributed by atoms with Crippen LogP contribution in [0.2, 0.25) is 0 Å². The molecule has 0 saturated carbocycles. The Morgan fingerprint density at radius 3 is 2.52 bits per heavy atom. The second-order valence-corrected chi connectivity index (χ2v) is 7.94. The molecule has 21 heavy (non-hydrogen) atoms. The van der Waals surface area contributed by atoms with Gasteiger partial charge in [0.25, 0.3) is 0 Å². The Kier molecular flexibility index (Phi) is 4.11. The van der Waals surface area contributed by atoms with E-state index in [4.69, 9.17) is 5.73 Å². The molecule has 1 aliphatic rings. The van der Waals surface area contributed by atoms with Crippen molar-refractivity contribution in [2.75, 3.05) is 13.1 Å². The van der Waals surface area contributed by atoms with E-state index in [1.54, 1.807) is 6.92 Å². The molecule has 1 fully saturated rings. The summed E-state index contributed by atoms with van der Waals surface area (Å²) in [6, 6.07) is 1.38. The molecule has 0 aromatic heterocycles. The number of primary amides is 1. The van der Waals surface area contributed by atoms with Gasteiger partial charge < -0.3 is 5.73 Å². The summed E-state index contributed by atoms with van der Waals surface area (Å²) in [5, 5.41) is 0. The summed E-state index contributed by atoms with van der Waals surface area (Å²) in [4.78, 5) is 10.7. The summed E-state index contributed by atoms with van der Waals surface area (Å²) in [7, 11) is -4.18. The standard InChI is InChI=1S/C12H13BrF2N2O3S/c1-12(11(16)18)2-3-17(6-12)21(19,20)10-8(13)4-7(14)5-9(10)15/h4-5H,2-3,6H2,1H3,(H2,16,18). The summed E-state index contributed by atoms with van der Waals surface area (Å²) in [5.41, 5.74) is 4.27. The van der Waals surface area contributed by atoms with Crippen molar-refractivity contribution in [2.24, 2.45) is 11.1 Å². The lowest BCUT2D eigenvalue weighted by Crippen LogP contribution is -2.38. The molecule has 9 heteroatoms. The van der Waals surface area contributed by atoms with Crippen molar-refractivity contribution in [3.63, 3.8) is 0 Å². The van der Waals surface area contributed by atoms with Gasteiger partial charge in [-0.1, -0.05) is 0 Å². The van der Waals surface area contributed by atoms with Gasteiger partial charge in [0.1, 0.15) is 16.5 Å². The van der Waals surface area contributed by atoms with E-state index in [-0.39, 0.29) is 24.0 Å². The van der Waals surface area contributed by atoms with Gasteiger partial charge in [0, 0.05) is 23.6 Å². The van der Waals surface area contributed by atoms with Gasteiger partial charge in [-0.05, 0) is 35.3 Å². The smallest absolute Gasteiger partial charge is 0.247 e. The molecular weight excluding hydrogens is 370 g/mol. The van der Waals surface area contributed by atoms with Crippen LogP contribution in [0.3, 0.4) is 0 Å². The molecule has 1 saturated heterocycles. The summed E-state index contributed by atoms with van der Waals surface area (Å²) in [6.45, 7) is 1.47. The fourth-order valence-corrected chi connectivity index (χ4v) is 4.91. The molecule has 1 aromatic rings. The Balaban J connectivity index is 2.44. The Labute approximate surface area is 129 Å². The highest BCUT2D eigenvalue weighted by Crippen LogP contribution is 2.36. The zero-order valence-corrected chi connectivity index (χ0v) is 13.5. The van der Waals surface area contributed by atoms with Gasteiger partial charge in [-0.15, -0.1) is 0 Å².